The van der Waals surface area contributed by atoms with Gasteiger partial charge in [0.2, 0.25) is 5.91 Å². The van der Waals surface area contributed by atoms with E-state index in [1.54, 1.807) is 0 Å². The van der Waals surface area contributed by atoms with Crippen LogP contribution in [-0.4, -0.2) is 23.9 Å². The standard InChI is InChI=1S/C13H16ClNO/c1-10-5-6-15(9-10)13(16)8-11-3-2-4-12(14)7-11/h2-4,7,10H,5-6,8-9H2,1H3. The molecule has 1 aliphatic heterocycles. The third-order valence-electron chi connectivity index (χ3n) is 3.02. The first-order valence-electron chi connectivity index (χ1n) is 5.67. The largest absolute Gasteiger partial charge is 0.342 e. The summed E-state index contributed by atoms with van der Waals surface area (Å²) in [5, 5.41) is 0.695. The van der Waals surface area contributed by atoms with Gasteiger partial charge in [-0.3, -0.25) is 4.79 Å². The van der Waals surface area contributed by atoms with Gasteiger partial charge >= 0.3 is 0 Å². The fraction of sp³-hybridized carbons (Fsp3) is 0.462. The number of benzene rings is 1. The molecule has 2 rings (SSSR count). The molecule has 0 bridgehead atoms. The summed E-state index contributed by atoms with van der Waals surface area (Å²) < 4.78 is 0. The van der Waals surface area contributed by atoms with Crippen LogP contribution in [0.25, 0.3) is 0 Å². The molecule has 0 aliphatic carbocycles. The van der Waals surface area contributed by atoms with Gasteiger partial charge in [0.15, 0.2) is 0 Å². The zero-order valence-electron chi connectivity index (χ0n) is 9.45. The fourth-order valence-electron chi connectivity index (χ4n) is 2.09. The van der Waals surface area contributed by atoms with Crippen LogP contribution in [0.15, 0.2) is 24.3 Å². The summed E-state index contributed by atoms with van der Waals surface area (Å²) in [7, 11) is 0. The molecule has 0 radical (unpaired) electrons. The maximum absolute atomic E-state index is 12.0. The first-order chi connectivity index (χ1) is 7.65. The Balaban J connectivity index is 1.97. The number of nitrogens with zero attached hydrogens (tertiary/aromatic N) is 1. The van der Waals surface area contributed by atoms with Gasteiger partial charge in [-0.25, -0.2) is 0 Å². The average Bonchev–Trinajstić information content (AvgIpc) is 2.65. The van der Waals surface area contributed by atoms with E-state index in [4.69, 9.17) is 11.6 Å². The van der Waals surface area contributed by atoms with E-state index >= 15 is 0 Å². The monoisotopic (exact) mass is 237 g/mol. The van der Waals surface area contributed by atoms with Crippen molar-refractivity contribution < 1.29 is 4.79 Å². The van der Waals surface area contributed by atoms with Crippen molar-refractivity contribution in [2.24, 2.45) is 5.92 Å². The predicted octanol–water partition coefficient (Wildman–Crippen LogP) is 2.75. The Bertz CT molecular complexity index is 391. The minimum absolute atomic E-state index is 0.214. The lowest BCUT2D eigenvalue weighted by molar-refractivity contribution is -0.129. The van der Waals surface area contributed by atoms with E-state index in [0.29, 0.717) is 17.4 Å². The maximum Gasteiger partial charge on any atom is 0.226 e. The van der Waals surface area contributed by atoms with Crippen molar-refractivity contribution in [1.29, 1.82) is 0 Å². The molecule has 1 atom stereocenters. The molecule has 1 aromatic carbocycles. The molecule has 16 heavy (non-hydrogen) atoms. The Morgan fingerprint density at radius 3 is 3.00 bits per heavy atom. The summed E-state index contributed by atoms with van der Waals surface area (Å²) in [6, 6.07) is 7.52. The highest BCUT2D eigenvalue weighted by atomic mass is 35.5. The Morgan fingerprint density at radius 1 is 1.56 bits per heavy atom. The van der Waals surface area contributed by atoms with Crippen LogP contribution < -0.4 is 0 Å². The van der Waals surface area contributed by atoms with Gasteiger partial charge in [-0.05, 0) is 30.0 Å². The summed E-state index contributed by atoms with van der Waals surface area (Å²) in [5.41, 5.74) is 0.997. The van der Waals surface area contributed by atoms with Gasteiger partial charge in [-0.1, -0.05) is 30.7 Å². The molecule has 0 spiro atoms. The van der Waals surface area contributed by atoms with E-state index < -0.39 is 0 Å². The van der Waals surface area contributed by atoms with Crippen molar-refractivity contribution in [1.82, 2.24) is 4.90 Å². The smallest absolute Gasteiger partial charge is 0.226 e. The van der Waals surface area contributed by atoms with Crippen molar-refractivity contribution in [3.8, 4) is 0 Å². The van der Waals surface area contributed by atoms with E-state index in [1.807, 2.05) is 29.2 Å². The van der Waals surface area contributed by atoms with E-state index in [9.17, 15) is 4.79 Å². The molecule has 1 saturated heterocycles. The summed E-state index contributed by atoms with van der Waals surface area (Å²) in [6.45, 7) is 3.99. The van der Waals surface area contributed by atoms with E-state index in [-0.39, 0.29) is 5.91 Å². The minimum atomic E-state index is 0.214. The Hall–Kier alpha value is -1.02. The lowest BCUT2D eigenvalue weighted by Crippen LogP contribution is -2.29. The lowest BCUT2D eigenvalue weighted by atomic mass is 10.1. The fourth-order valence-corrected chi connectivity index (χ4v) is 2.31. The zero-order chi connectivity index (χ0) is 11.5. The highest BCUT2D eigenvalue weighted by Gasteiger charge is 2.22. The number of halogens is 1. The molecule has 1 aliphatic rings. The second-order valence-corrected chi connectivity index (χ2v) is 4.98. The van der Waals surface area contributed by atoms with Crippen molar-refractivity contribution in [3.05, 3.63) is 34.9 Å². The van der Waals surface area contributed by atoms with Crippen LogP contribution in [0.3, 0.4) is 0 Å². The number of carbonyl (C=O) groups excluding carboxylic acids is 1. The zero-order valence-corrected chi connectivity index (χ0v) is 10.2. The molecular weight excluding hydrogens is 222 g/mol. The van der Waals surface area contributed by atoms with Crippen LogP contribution in [0.4, 0.5) is 0 Å². The van der Waals surface area contributed by atoms with Crippen LogP contribution in [0.5, 0.6) is 0 Å². The summed E-state index contributed by atoms with van der Waals surface area (Å²) in [5.74, 6) is 0.856. The number of hydrogen-bond donors (Lipinski definition) is 0. The molecule has 0 aromatic heterocycles. The van der Waals surface area contributed by atoms with E-state index in [2.05, 4.69) is 6.92 Å². The van der Waals surface area contributed by atoms with Gasteiger partial charge in [0.1, 0.15) is 0 Å². The Morgan fingerprint density at radius 2 is 2.38 bits per heavy atom. The van der Waals surface area contributed by atoms with E-state index in [1.165, 1.54) is 0 Å². The summed E-state index contributed by atoms with van der Waals surface area (Å²) in [4.78, 5) is 13.9. The third kappa shape index (κ3) is 2.76. The predicted molar refractivity (Wildman–Crippen MR) is 65.5 cm³/mol. The first kappa shape index (κ1) is 11.5. The van der Waals surface area contributed by atoms with Gasteiger partial charge in [0, 0.05) is 18.1 Å². The van der Waals surface area contributed by atoms with Gasteiger partial charge in [0.05, 0.1) is 6.42 Å². The van der Waals surface area contributed by atoms with Gasteiger partial charge in [-0.15, -0.1) is 0 Å². The van der Waals surface area contributed by atoms with Crippen LogP contribution in [0.1, 0.15) is 18.9 Å². The quantitative estimate of drug-likeness (QED) is 0.775. The normalized spacial score (nSPS) is 20.1. The van der Waals surface area contributed by atoms with Gasteiger partial charge in [-0.2, -0.15) is 0 Å². The highest BCUT2D eigenvalue weighted by Crippen LogP contribution is 2.17. The van der Waals surface area contributed by atoms with Gasteiger partial charge in [0.25, 0.3) is 0 Å². The Labute approximate surface area is 101 Å². The van der Waals surface area contributed by atoms with Crippen LogP contribution >= 0.6 is 11.6 Å². The molecule has 2 nitrogen and oxygen atoms in total. The minimum Gasteiger partial charge on any atom is -0.342 e. The SMILES string of the molecule is CC1CCN(C(=O)Cc2cccc(Cl)c2)C1. The van der Waals surface area contributed by atoms with Crippen molar-refractivity contribution in [2.45, 2.75) is 19.8 Å². The number of amides is 1. The molecule has 1 aromatic rings. The highest BCUT2D eigenvalue weighted by molar-refractivity contribution is 6.30. The molecule has 86 valence electrons. The molecule has 1 unspecified atom stereocenters. The average molecular weight is 238 g/mol. The number of hydrogen-bond acceptors (Lipinski definition) is 1. The topological polar surface area (TPSA) is 20.3 Å². The third-order valence-corrected chi connectivity index (χ3v) is 3.26. The molecule has 3 heteroatoms. The molecule has 1 heterocycles. The first-order valence-corrected chi connectivity index (χ1v) is 6.05. The number of rotatable bonds is 2. The number of likely N-dealkylation sites (tertiary alicyclic amines) is 1. The summed E-state index contributed by atoms with van der Waals surface area (Å²) >= 11 is 5.89. The summed E-state index contributed by atoms with van der Waals surface area (Å²) in [6.07, 6.45) is 1.59. The van der Waals surface area contributed by atoms with Gasteiger partial charge < -0.3 is 4.90 Å². The lowest BCUT2D eigenvalue weighted by Gasteiger charge is -2.15. The Kier molecular flexibility index (Phi) is 3.49. The molecule has 0 N–H and O–H groups in total. The van der Waals surface area contributed by atoms with Crippen molar-refractivity contribution in [2.75, 3.05) is 13.1 Å². The maximum atomic E-state index is 12.0. The van der Waals surface area contributed by atoms with E-state index in [0.717, 1.165) is 25.1 Å². The van der Waals surface area contributed by atoms with Crippen LogP contribution in [-0.2, 0) is 11.2 Å². The molecule has 1 fully saturated rings. The molecule has 0 saturated carbocycles. The number of carbonyl (C=O) groups is 1. The van der Waals surface area contributed by atoms with Crippen LogP contribution in [0, 0.1) is 5.92 Å². The van der Waals surface area contributed by atoms with Crippen LogP contribution in [0.2, 0.25) is 5.02 Å². The molecular formula is C13H16ClNO. The second-order valence-electron chi connectivity index (χ2n) is 4.54. The molecule has 1 amide bonds. The van der Waals surface area contributed by atoms with Crippen molar-refractivity contribution >= 4 is 17.5 Å². The second kappa shape index (κ2) is 4.88. The van der Waals surface area contributed by atoms with Crippen molar-refractivity contribution in [3.63, 3.8) is 0 Å².